The van der Waals surface area contributed by atoms with E-state index in [0.29, 0.717) is 19.0 Å². The third-order valence-corrected chi connectivity index (χ3v) is 5.13. The summed E-state index contributed by atoms with van der Waals surface area (Å²) >= 11 is 0. The Balaban J connectivity index is 2.37. The van der Waals surface area contributed by atoms with Crippen LogP contribution in [0.5, 0.6) is 0 Å². The van der Waals surface area contributed by atoms with E-state index in [0.717, 1.165) is 31.2 Å². The molecule has 21 heavy (non-hydrogen) atoms. The zero-order valence-corrected chi connectivity index (χ0v) is 14.5. The number of carboxylic acid groups (broad SMARTS) is 1. The lowest BCUT2D eigenvalue weighted by Gasteiger charge is -2.41. The monoisotopic (exact) mass is 298 g/mol. The molecule has 0 saturated carbocycles. The Morgan fingerprint density at radius 3 is 2.57 bits per heavy atom. The molecular weight excluding hydrogens is 264 g/mol. The number of hydrogen-bond donors (Lipinski definition) is 2. The predicted octanol–water partition coefficient (Wildman–Crippen LogP) is 2.98. The number of nitrogens with zero attached hydrogens (tertiary/aromatic N) is 1. The van der Waals surface area contributed by atoms with Gasteiger partial charge in [-0.3, -0.25) is 4.79 Å². The van der Waals surface area contributed by atoms with Gasteiger partial charge >= 0.3 is 5.97 Å². The van der Waals surface area contributed by atoms with Gasteiger partial charge in [-0.15, -0.1) is 0 Å². The number of nitrogens with one attached hydrogen (secondary N) is 1. The fourth-order valence-electron chi connectivity index (χ4n) is 3.58. The summed E-state index contributed by atoms with van der Waals surface area (Å²) in [4.78, 5) is 14.0. The van der Waals surface area contributed by atoms with Crippen molar-refractivity contribution in [2.75, 3.05) is 19.6 Å². The maximum absolute atomic E-state index is 11.4. The highest BCUT2D eigenvalue weighted by atomic mass is 16.4. The molecule has 0 radical (unpaired) electrons. The topological polar surface area (TPSA) is 52.6 Å². The second-order valence-corrected chi connectivity index (χ2v) is 7.18. The molecule has 1 aliphatic rings. The second-order valence-electron chi connectivity index (χ2n) is 7.18. The van der Waals surface area contributed by atoms with E-state index in [-0.39, 0.29) is 0 Å². The molecule has 0 aliphatic carbocycles. The Hall–Kier alpha value is -0.610. The van der Waals surface area contributed by atoms with E-state index in [4.69, 9.17) is 0 Å². The van der Waals surface area contributed by atoms with Crippen LogP contribution >= 0.6 is 0 Å². The molecule has 2 N–H and O–H groups in total. The Kier molecular flexibility index (Phi) is 7.14. The van der Waals surface area contributed by atoms with Gasteiger partial charge in [0.2, 0.25) is 0 Å². The number of hydrogen-bond acceptors (Lipinski definition) is 3. The highest BCUT2D eigenvalue weighted by molar-refractivity contribution is 5.78. The molecule has 1 heterocycles. The van der Waals surface area contributed by atoms with Gasteiger partial charge in [0.1, 0.15) is 5.54 Å². The molecule has 1 rings (SSSR count). The van der Waals surface area contributed by atoms with Gasteiger partial charge in [-0.05, 0) is 64.5 Å². The van der Waals surface area contributed by atoms with Crippen molar-refractivity contribution in [3.05, 3.63) is 0 Å². The van der Waals surface area contributed by atoms with E-state index in [1.165, 1.54) is 13.0 Å². The van der Waals surface area contributed by atoms with Gasteiger partial charge in [0.05, 0.1) is 0 Å². The van der Waals surface area contributed by atoms with Crippen molar-refractivity contribution in [3.63, 3.8) is 0 Å². The van der Waals surface area contributed by atoms with Crippen molar-refractivity contribution < 1.29 is 9.90 Å². The predicted molar refractivity (Wildman–Crippen MR) is 87.5 cm³/mol. The summed E-state index contributed by atoms with van der Waals surface area (Å²) in [7, 11) is 0. The van der Waals surface area contributed by atoms with Crippen LogP contribution in [-0.2, 0) is 4.79 Å². The summed E-state index contributed by atoms with van der Waals surface area (Å²) in [6.45, 7) is 13.7. The normalized spacial score (nSPS) is 30.0. The SMILES string of the molecule is CCNC(C)(CCCCN1CC(C)CC(C)C1C)C(=O)O. The van der Waals surface area contributed by atoms with E-state index < -0.39 is 11.5 Å². The maximum Gasteiger partial charge on any atom is 0.323 e. The quantitative estimate of drug-likeness (QED) is 0.676. The molecule has 0 aromatic heterocycles. The Morgan fingerprint density at radius 2 is 2.00 bits per heavy atom. The second kappa shape index (κ2) is 8.14. The zero-order chi connectivity index (χ0) is 16.0. The third kappa shape index (κ3) is 5.26. The van der Waals surface area contributed by atoms with Crippen LogP contribution in [0.15, 0.2) is 0 Å². The van der Waals surface area contributed by atoms with Gasteiger partial charge in [0.25, 0.3) is 0 Å². The minimum Gasteiger partial charge on any atom is -0.480 e. The molecule has 1 aliphatic heterocycles. The van der Waals surface area contributed by atoms with Gasteiger partial charge in [-0.25, -0.2) is 0 Å². The van der Waals surface area contributed by atoms with Crippen LogP contribution in [-0.4, -0.2) is 47.2 Å². The first kappa shape index (κ1) is 18.4. The van der Waals surface area contributed by atoms with E-state index in [1.807, 2.05) is 6.92 Å². The Bertz CT molecular complexity index is 335. The lowest BCUT2D eigenvalue weighted by molar-refractivity contribution is -0.144. The number of carbonyl (C=O) groups is 1. The molecule has 4 atom stereocenters. The number of likely N-dealkylation sites (tertiary alicyclic amines) is 1. The molecule has 0 aromatic rings. The average molecular weight is 298 g/mol. The largest absolute Gasteiger partial charge is 0.480 e. The van der Waals surface area contributed by atoms with Crippen molar-refractivity contribution in [2.45, 2.75) is 71.9 Å². The third-order valence-electron chi connectivity index (χ3n) is 5.13. The molecular formula is C17H34N2O2. The summed E-state index contributed by atoms with van der Waals surface area (Å²) < 4.78 is 0. The highest BCUT2D eigenvalue weighted by Crippen LogP contribution is 2.27. The van der Waals surface area contributed by atoms with Crippen molar-refractivity contribution >= 4 is 5.97 Å². The molecule has 1 fully saturated rings. The Labute approximate surface area is 130 Å². The minimum absolute atomic E-state index is 0.654. The van der Waals surface area contributed by atoms with Crippen LogP contribution in [0, 0.1) is 11.8 Å². The van der Waals surface area contributed by atoms with Crippen LogP contribution in [0.1, 0.15) is 60.3 Å². The van der Waals surface area contributed by atoms with Gasteiger partial charge in [-0.2, -0.15) is 0 Å². The van der Waals surface area contributed by atoms with E-state index in [1.54, 1.807) is 6.92 Å². The molecule has 0 amide bonds. The minimum atomic E-state index is -0.775. The standard InChI is InChI=1S/C17H34N2O2/c1-6-18-17(5,16(20)21)9-7-8-10-19-12-13(2)11-14(3)15(19)4/h13-15,18H,6-12H2,1-5H3,(H,20,21). The van der Waals surface area contributed by atoms with Gasteiger partial charge < -0.3 is 15.3 Å². The van der Waals surface area contributed by atoms with Gasteiger partial charge in [0, 0.05) is 12.6 Å². The first-order valence-corrected chi connectivity index (χ1v) is 8.52. The average Bonchev–Trinajstić information content (AvgIpc) is 2.40. The maximum atomic E-state index is 11.4. The van der Waals surface area contributed by atoms with Crippen molar-refractivity contribution in [2.24, 2.45) is 11.8 Å². The van der Waals surface area contributed by atoms with Crippen molar-refractivity contribution in [3.8, 4) is 0 Å². The van der Waals surface area contributed by atoms with Crippen LogP contribution in [0.2, 0.25) is 0 Å². The molecule has 1 saturated heterocycles. The first-order valence-electron chi connectivity index (χ1n) is 8.52. The number of carboxylic acids is 1. The van der Waals surface area contributed by atoms with Crippen LogP contribution in [0.25, 0.3) is 0 Å². The highest BCUT2D eigenvalue weighted by Gasteiger charge is 2.32. The van der Waals surface area contributed by atoms with Crippen LogP contribution in [0.3, 0.4) is 0 Å². The summed E-state index contributed by atoms with van der Waals surface area (Å²) in [6, 6.07) is 0.654. The first-order chi connectivity index (χ1) is 9.80. The van der Waals surface area contributed by atoms with Crippen LogP contribution in [0.4, 0.5) is 0 Å². The molecule has 0 aromatic carbocycles. The van der Waals surface area contributed by atoms with Gasteiger partial charge in [-0.1, -0.05) is 20.8 Å². The zero-order valence-electron chi connectivity index (χ0n) is 14.5. The summed E-state index contributed by atoms with van der Waals surface area (Å²) in [6.07, 6.45) is 4.07. The molecule has 0 spiro atoms. The van der Waals surface area contributed by atoms with Gasteiger partial charge in [0.15, 0.2) is 0 Å². The van der Waals surface area contributed by atoms with Crippen molar-refractivity contribution in [1.82, 2.24) is 10.2 Å². The summed E-state index contributed by atoms with van der Waals surface area (Å²) in [5.74, 6) is 0.806. The smallest absolute Gasteiger partial charge is 0.323 e. The van der Waals surface area contributed by atoms with Crippen LogP contribution < -0.4 is 5.32 Å². The van der Waals surface area contributed by atoms with E-state index in [2.05, 4.69) is 31.0 Å². The number of unbranched alkanes of at least 4 members (excludes halogenated alkanes) is 1. The molecule has 4 nitrogen and oxygen atoms in total. The fraction of sp³-hybridized carbons (Fsp3) is 0.941. The number of aliphatic carboxylic acids is 1. The summed E-state index contributed by atoms with van der Waals surface area (Å²) in [5, 5.41) is 12.5. The Morgan fingerprint density at radius 1 is 1.33 bits per heavy atom. The molecule has 4 unspecified atom stereocenters. The number of rotatable bonds is 8. The van der Waals surface area contributed by atoms with Crippen molar-refractivity contribution in [1.29, 1.82) is 0 Å². The number of likely N-dealkylation sites (N-methyl/N-ethyl adjacent to an activating group) is 1. The molecule has 124 valence electrons. The lowest BCUT2D eigenvalue weighted by atomic mass is 9.85. The van der Waals surface area contributed by atoms with E-state index in [9.17, 15) is 9.90 Å². The molecule has 0 bridgehead atoms. The lowest BCUT2D eigenvalue weighted by Crippen LogP contribution is -2.49. The number of piperidine rings is 1. The molecule has 4 heteroatoms. The summed E-state index contributed by atoms with van der Waals surface area (Å²) in [5.41, 5.74) is -0.775. The van der Waals surface area contributed by atoms with E-state index >= 15 is 0 Å². The fourth-order valence-corrected chi connectivity index (χ4v) is 3.58.